The summed E-state index contributed by atoms with van der Waals surface area (Å²) in [4.78, 5) is 2.53. The standard InChI is InChI=1S/C18H30N2O/c1-4-10-19-14-16-13-15(3)6-7-18(16)20-11-8-17(9-12-20)21-5-2/h6-7,13,17,19H,4-5,8-12,14H2,1-3H3. The highest BCUT2D eigenvalue weighted by Crippen LogP contribution is 2.26. The molecule has 1 N–H and O–H groups in total. The molecule has 3 nitrogen and oxygen atoms in total. The Hall–Kier alpha value is -1.06. The summed E-state index contributed by atoms with van der Waals surface area (Å²) in [5, 5.41) is 3.54. The largest absolute Gasteiger partial charge is 0.378 e. The van der Waals surface area contributed by atoms with Crippen LogP contribution in [-0.4, -0.2) is 32.3 Å². The summed E-state index contributed by atoms with van der Waals surface area (Å²) in [6.07, 6.45) is 3.92. The van der Waals surface area contributed by atoms with E-state index in [0.717, 1.165) is 45.6 Å². The van der Waals surface area contributed by atoms with Crippen molar-refractivity contribution in [3.8, 4) is 0 Å². The fourth-order valence-corrected chi connectivity index (χ4v) is 3.06. The summed E-state index contributed by atoms with van der Waals surface area (Å²) < 4.78 is 5.76. The molecule has 118 valence electrons. The SMILES string of the molecule is CCCNCc1cc(C)ccc1N1CCC(OCC)CC1. The molecule has 1 saturated heterocycles. The second-order valence-electron chi connectivity index (χ2n) is 5.95. The predicted octanol–water partition coefficient (Wildman–Crippen LogP) is 3.50. The van der Waals surface area contributed by atoms with E-state index in [1.807, 2.05) is 0 Å². The maximum atomic E-state index is 5.76. The minimum atomic E-state index is 0.457. The van der Waals surface area contributed by atoms with Crippen molar-refractivity contribution in [3.05, 3.63) is 29.3 Å². The van der Waals surface area contributed by atoms with Crippen molar-refractivity contribution in [2.75, 3.05) is 31.1 Å². The molecule has 2 rings (SSSR count). The van der Waals surface area contributed by atoms with E-state index >= 15 is 0 Å². The van der Waals surface area contributed by atoms with Gasteiger partial charge in [-0.25, -0.2) is 0 Å². The molecule has 0 spiro atoms. The van der Waals surface area contributed by atoms with Gasteiger partial charge in [0.2, 0.25) is 0 Å². The van der Waals surface area contributed by atoms with Gasteiger partial charge in [-0.15, -0.1) is 0 Å². The van der Waals surface area contributed by atoms with Crippen LogP contribution in [-0.2, 0) is 11.3 Å². The number of benzene rings is 1. The first-order chi connectivity index (χ1) is 10.2. The summed E-state index contributed by atoms with van der Waals surface area (Å²) in [5.74, 6) is 0. The molecule has 0 unspecified atom stereocenters. The van der Waals surface area contributed by atoms with Gasteiger partial charge in [0.1, 0.15) is 0 Å². The van der Waals surface area contributed by atoms with Gasteiger partial charge < -0.3 is 15.0 Å². The van der Waals surface area contributed by atoms with Gasteiger partial charge in [-0.05, 0) is 51.3 Å². The lowest BCUT2D eigenvalue weighted by Crippen LogP contribution is -2.37. The Balaban J connectivity index is 2.01. The number of nitrogens with zero attached hydrogens (tertiary/aromatic N) is 1. The molecule has 3 heteroatoms. The van der Waals surface area contributed by atoms with Crippen LogP contribution in [0.4, 0.5) is 5.69 Å². The number of rotatable bonds is 7. The highest BCUT2D eigenvalue weighted by molar-refractivity contribution is 5.55. The molecular formula is C18H30N2O. The van der Waals surface area contributed by atoms with E-state index in [0.29, 0.717) is 6.10 Å². The fourth-order valence-electron chi connectivity index (χ4n) is 3.06. The summed E-state index contributed by atoms with van der Waals surface area (Å²) >= 11 is 0. The van der Waals surface area contributed by atoms with Crippen LogP contribution in [0.2, 0.25) is 0 Å². The molecule has 1 fully saturated rings. The Morgan fingerprint density at radius 3 is 2.67 bits per heavy atom. The third kappa shape index (κ3) is 4.72. The minimum Gasteiger partial charge on any atom is -0.378 e. The van der Waals surface area contributed by atoms with E-state index in [-0.39, 0.29) is 0 Å². The Morgan fingerprint density at radius 2 is 2.00 bits per heavy atom. The summed E-state index contributed by atoms with van der Waals surface area (Å²) in [7, 11) is 0. The van der Waals surface area contributed by atoms with Crippen LogP contribution < -0.4 is 10.2 Å². The first-order valence-corrected chi connectivity index (χ1v) is 8.41. The molecule has 1 aliphatic heterocycles. The van der Waals surface area contributed by atoms with E-state index in [1.54, 1.807) is 0 Å². The molecular weight excluding hydrogens is 260 g/mol. The van der Waals surface area contributed by atoms with Crippen molar-refractivity contribution in [2.45, 2.75) is 52.7 Å². The van der Waals surface area contributed by atoms with E-state index in [2.05, 4.69) is 49.2 Å². The second kappa shape index (κ2) is 8.40. The van der Waals surface area contributed by atoms with E-state index in [4.69, 9.17) is 4.74 Å². The Labute approximate surface area is 129 Å². The van der Waals surface area contributed by atoms with Crippen LogP contribution >= 0.6 is 0 Å². The van der Waals surface area contributed by atoms with Crippen LogP contribution in [0.1, 0.15) is 44.2 Å². The lowest BCUT2D eigenvalue weighted by molar-refractivity contribution is 0.0459. The van der Waals surface area contributed by atoms with Gasteiger partial charge in [-0.3, -0.25) is 0 Å². The average Bonchev–Trinajstić information content (AvgIpc) is 2.49. The molecule has 0 radical (unpaired) electrons. The maximum absolute atomic E-state index is 5.76. The Morgan fingerprint density at radius 1 is 1.24 bits per heavy atom. The average molecular weight is 290 g/mol. The number of piperidine rings is 1. The van der Waals surface area contributed by atoms with Crippen molar-refractivity contribution >= 4 is 5.69 Å². The van der Waals surface area contributed by atoms with E-state index in [1.165, 1.54) is 23.2 Å². The van der Waals surface area contributed by atoms with Gasteiger partial charge in [0.25, 0.3) is 0 Å². The van der Waals surface area contributed by atoms with E-state index in [9.17, 15) is 0 Å². The zero-order valence-corrected chi connectivity index (χ0v) is 13.8. The monoisotopic (exact) mass is 290 g/mol. The summed E-state index contributed by atoms with van der Waals surface area (Å²) in [6.45, 7) is 11.6. The zero-order valence-electron chi connectivity index (χ0n) is 13.8. The molecule has 1 heterocycles. The second-order valence-corrected chi connectivity index (χ2v) is 5.95. The predicted molar refractivity (Wildman–Crippen MR) is 90.0 cm³/mol. The van der Waals surface area contributed by atoms with Gasteiger partial charge >= 0.3 is 0 Å². The molecule has 0 atom stereocenters. The number of hydrogen-bond acceptors (Lipinski definition) is 3. The maximum Gasteiger partial charge on any atom is 0.0608 e. The number of ether oxygens (including phenoxy) is 1. The summed E-state index contributed by atoms with van der Waals surface area (Å²) in [6, 6.07) is 6.85. The topological polar surface area (TPSA) is 24.5 Å². The van der Waals surface area contributed by atoms with Gasteiger partial charge in [-0.2, -0.15) is 0 Å². The Bertz CT molecular complexity index is 425. The summed E-state index contributed by atoms with van der Waals surface area (Å²) in [5.41, 5.74) is 4.17. The lowest BCUT2D eigenvalue weighted by Gasteiger charge is -2.34. The number of nitrogens with one attached hydrogen (secondary N) is 1. The zero-order chi connectivity index (χ0) is 15.1. The first-order valence-electron chi connectivity index (χ1n) is 8.41. The van der Waals surface area contributed by atoms with Gasteiger partial charge in [-0.1, -0.05) is 24.6 Å². The number of aryl methyl sites for hydroxylation is 1. The normalized spacial score (nSPS) is 16.4. The van der Waals surface area contributed by atoms with Crippen molar-refractivity contribution in [2.24, 2.45) is 0 Å². The van der Waals surface area contributed by atoms with Crippen LogP contribution in [0, 0.1) is 6.92 Å². The minimum absolute atomic E-state index is 0.457. The van der Waals surface area contributed by atoms with Crippen molar-refractivity contribution in [1.29, 1.82) is 0 Å². The highest BCUT2D eigenvalue weighted by Gasteiger charge is 2.21. The Kier molecular flexibility index (Phi) is 6.52. The van der Waals surface area contributed by atoms with Crippen LogP contribution in [0.5, 0.6) is 0 Å². The van der Waals surface area contributed by atoms with Gasteiger partial charge in [0.15, 0.2) is 0 Å². The molecule has 1 aliphatic rings. The molecule has 1 aromatic carbocycles. The third-order valence-corrected chi connectivity index (χ3v) is 4.16. The van der Waals surface area contributed by atoms with Crippen LogP contribution in [0.25, 0.3) is 0 Å². The van der Waals surface area contributed by atoms with Crippen LogP contribution in [0.3, 0.4) is 0 Å². The van der Waals surface area contributed by atoms with Gasteiger partial charge in [0, 0.05) is 31.9 Å². The molecule has 1 aromatic rings. The molecule has 0 aromatic heterocycles. The third-order valence-electron chi connectivity index (χ3n) is 4.16. The number of anilines is 1. The molecule has 0 saturated carbocycles. The number of hydrogen-bond donors (Lipinski definition) is 1. The quantitative estimate of drug-likeness (QED) is 0.778. The lowest BCUT2D eigenvalue weighted by atomic mass is 10.0. The van der Waals surface area contributed by atoms with Crippen LogP contribution in [0.15, 0.2) is 18.2 Å². The van der Waals surface area contributed by atoms with Crippen molar-refractivity contribution < 1.29 is 4.74 Å². The first kappa shape index (κ1) is 16.3. The molecule has 0 amide bonds. The highest BCUT2D eigenvalue weighted by atomic mass is 16.5. The molecule has 0 bridgehead atoms. The van der Waals surface area contributed by atoms with Crippen molar-refractivity contribution in [1.82, 2.24) is 5.32 Å². The fraction of sp³-hybridized carbons (Fsp3) is 0.667. The van der Waals surface area contributed by atoms with Gasteiger partial charge in [0.05, 0.1) is 6.10 Å². The smallest absolute Gasteiger partial charge is 0.0608 e. The van der Waals surface area contributed by atoms with Crippen molar-refractivity contribution in [3.63, 3.8) is 0 Å². The van der Waals surface area contributed by atoms with E-state index < -0.39 is 0 Å². The molecule has 21 heavy (non-hydrogen) atoms. The molecule has 0 aliphatic carbocycles.